The van der Waals surface area contributed by atoms with Crippen molar-refractivity contribution in [2.75, 3.05) is 6.54 Å². The molecular formula is C5H10BrN3. The molecule has 0 aliphatic rings. The third-order valence-corrected chi connectivity index (χ3v) is 1.69. The molecule has 0 aromatic heterocycles. The molecule has 0 aliphatic carbocycles. The first-order valence-corrected chi connectivity index (χ1v) is 3.87. The smallest absolute Gasteiger partial charge is 0.0383 e. The van der Waals surface area contributed by atoms with Gasteiger partial charge in [0.1, 0.15) is 0 Å². The molecule has 0 saturated carbocycles. The van der Waals surface area contributed by atoms with Crippen molar-refractivity contribution in [1.29, 1.82) is 0 Å². The van der Waals surface area contributed by atoms with E-state index in [2.05, 4.69) is 32.9 Å². The summed E-state index contributed by atoms with van der Waals surface area (Å²) in [7, 11) is 0. The summed E-state index contributed by atoms with van der Waals surface area (Å²) in [5, 5.41) is 3.42. The summed E-state index contributed by atoms with van der Waals surface area (Å²) < 4.78 is 0. The van der Waals surface area contributed by atoms with Crippen molar-refractivity contribution in [1.82, 2.24) is 0 Å². The molecule has 0 heterocycles. The summed E-state index contributed by atoms with van der Waals surface area (Å²) in [5.41, 5.74) is 7.92. The summed E-state index contributed by atoms with van der Waals surface area (Å²) in [4.78, 5) is 3.01. The quantitative estimate of drug-likeness (QED) is 0.284. The zero-order chi connectivity index (χ0) is 7.11. The average molecular weight is 192 g/mol. The summed E-state index contributed by atoms with van der Waals surface area (Å²) in [6.45, 7) is 2.66. The lowest BCUT2D eigenvalue weighted by Gasteiger charge is -2.00. The minimum atomic E-state index is 0.360. The highest BCUT2D eigenvalue weighted by Crippen LogP contribution is 2.07. The lowest BCUT2D eigenvalue weighted by molar-refractivity contribution is 0.751. The number of alkyl halides is 1. The van der Waals surface area contributed by atoms with Gasteiger partial charge in [0.2, 0.25) is 0 Å². The van der Waals surface area contributed by atoms with Crippen LogP contribution in [0.15, 0.2) is 5.11 Å². The van der Waals surface area contributed by atoms with Gasteiger partial charge in [-0.3, -0.25) is 0 Å². The molecule has 1 atom stereocenters. The first kappa shape index (κ1) is 8.79. The fourth-order valence-electron chi connectivity index (χ4n) is 0.530. The second kappa shape index (κ2) is 5.92. The van der Waals surface area contributed by atoms with Gasteiger partial charge in [0.25, 0.3) is 0 Å². The van der Waals surface area contributed by atoms with Crippen molar-refractivity contribution < 1.29 is 0 Å². The second-order valence-corrected chi connectivity index (χ2v) is 3.09. The summed E-state index contributed by atoms with van der Waals surface area (Å²) in [6, 6.07) is 0. The fraction of sp³-hybridized carbons (Fsp3) is 1.00. The Morgan fingerprint density at radius 3 is 2.89 bits per heavy atom. The molecule has 0 aliphatic heterocycles. The Bertz CT molecular complexity index is 109. The molecule has 0 rings (SSSR count). The number of azide groups is 1. The maximum absolute atomic E-state index is 7.92. The normalized spacial score (nSPS) is 12.2. The van der Waals surface area contributed by atoms with Crippen LogP contribution >= 0.6 is 15.9 Å². The molecule has 4 heteroatoms. The van der Waals surface area contributed by atoms with Gasteiger partial charge in [0.15, 0.2) is 0 Å². The second-order valence-electron chi connectivity index (χ2n) is 1.80. The van der Waals surface area contributed by atoms with Crippen LogP contribution < -0.4 is 0 Å². The van der Waals surface area contributed by atoms with Gasteiger partial charge in [-0.2, -0.15) is 0 Å². The molecule has 0 spiro atoms. The highest BCUT2D eigenvalue weighted by atomic mass is 79.9. The number of halogens is 1. The molecule has 0 bridgehead atoms. The van der Waals surface area contributed by atoms with Crippen LogP contribution in [0.3, 0.4) is 0 Å². The largest absolute Gasteiger partial charge is 0.0928 e. The predicted molar refractivity (Wildman–Crippen MR) is 41.6 cm³/mol. The number of hydrogen-bond donors (Lipinski definition) is 0. The Hall–Kier alpha value is -0.210. The number of nitrogens with zero attached hydrogens (tertiary/aromatic N) is 3. The molecule has 0 amide bonds. The van der Waals surface area contributed by atoms with E-state index < -0.39 is 0 Å². The van der Waals surface area contributed by atoms with Gasteiger partial charge in [-0.25, -0.2) is 0 Å². The molecular weight excluding hydrogens is 182 g/mol. The molecule has 3 nitrogen and oxygen atoms in total. The molecule has 0 N–H and O–H groups in total. The van der Waals surface area contributed by atoms with Gasteiger partial charge >= 0.3 is 0 Å². The Morgan fingerprint density at radius 2 is 2.44 bits per heavy atom. The lowest BCUT2D eigenvalue weighted by Crippen LogP contribution is -1.99. The van der Waals surface area contributed by atoms with Crippen molar-refractivity contribution in [2.45, 2.75) is 24.6 Å². The lowest BCUT2D eigenvalue weighted by atomic mass is 10.2. The Labute approximate surface area is 63.2 Å². The van der Waals surface area contributed by atoms with Crippen molar-refractivity contribution in [3.05, 3.63) is 10.4 Å². The van der Waals surface area contributed by atoms with E-state index in [1.165, 1.54) is 0 Å². The van der Waals surface area contributed by atoms with Gasteiger partial charge in [-0.15, -0.1) is 0 Å². The minimum Gasteiger partial charge on any atom is -0.0928 e. The Morgan fingerprint density at radius 1 is 1.78 bits per heavy atom. The van der Waals surface area contributed by atoms with Crippen LogP contribution in [0.2, 0.25) is 0 Å². The van der Waals surface area contributed by atoms with E-state index in [1.807, 2.05) is 0 Å². The van der Waals surface area contributed by atoms with Crippen LogP contribution in [0.4, 0.5) is 0 Å². The highest BCUT2D eigenvalue weighted by molar-refractivity contribution is 9.09. The number of rotatable bonds is 4. The first-order valence-electron chi connectivity index (χ1n) is 2.96. The molecule has 0 radical (unpaired) electrons. The van der Waals surface area contributed by atoms with Crippen LogP contribution in [0.25, 0.3) is 10.4 Å². The Kier molecular flexibility index (Phi) is 5.78. The zero-order valence-electron chi connectivity index (χ0n) is 5.42. The monoisotopic (exact) mass is 191 g/mol. The molecule has 1 unspecified atom stereocenters. The molecule has 0 aromatic rings. The summed E-state index contributed by atoms with van der Waals surface area (Å²) in [6.07, 6.45) is 2.19. The fourth-order valence-corrected chi connectivity index (χ4v) is 1.12. The molecule has 9 heavy (non-hydrogen) atoms. The first-order chi connectivity index (χ1) is 4.31. The van der Waals surface area contributed by atoms with E-state index >= 15 is 0 Å². The standard InChI is InChI=1S/C5H10BrN3/c1-2-3-5(6)4-8-9-7/h5H,2-4H2,1H3. The van der Waals surface area contributed by atoms with Crippen molar-refractivity contribution >= 4 is 15.9 Å². The van der Waals surface area contributed by atoms with E-state index in [1.54, 1.807) is 0 Å². The molecule has 0 aromatic carbocycles. The van der Waals surface area contributed by atoms with E-state index in [9.17, 15) is 0 Å². The predicted octanol–water partition coefficient (Wildman–Crippen LogP) is 2.86. The van der Waals surface area contributed by atoms with Crippen molar-refractivity contribution in [3.63, 3.8) is 0 Å². The maximum atomic E-state index is 7.92. The van der Waals surface area contributed by atoms with Crippen LogP contribution in [0.5, 0.6) is 0 Å². The van der Waals surface area contributed by atoms with Crippen LogP contribution in [0.1, 0.15) is 19.8 Å². The van der Waals surface area contributed by atoms with E-state index in [0.29, 0.717) is 11.4 Å². The Balaban J connectivity index is 3.25. The third-order valence-electron chi connectivity index (χ3n) is 0.945. The van der Waals surface area contributed by atoms with E-state index in [4.69, 9.17) is 5.53 Å². The van der Waals surface area contributed by atoms with Crippen LogP contribution in [0, 0.1) is 0 Å². The van der Waals surface area contributed by atoms with Gasteiger partial charge in [-0.1, -0.05) is 34.4 Å². The minimum absolute atomic E-state index is 0.360. The zero-order valence-corrected chi connectivity index (χ0v) is 7.00. The molecule has 0 fully saturated rings. The van der Waals surface area contributed by atoms with Gasteiger partial charge < -0.3 is 0 Å². The van der Waals surface area contributed by atoms with Gasteiger partial charge in [0.05, 0.1) is 0 Å². The van der Waals surface area contributed by atoms with Gasteiger partial charge in [0, 0.05) is 16.3 Å². The third kappa shape index (κ3) is 5.66. The summed E-state index contributed by atoms with van der Waals surface area (Å²) in [5.74, 6) is 0. The molecule has 52 valence electrons. The summed E-state index contributed by atoms with van der Waals surface area (Å²) >= 11 is 3.37. The number of hydrogen-bond acceptors (Lipinski definition) is 1. The highest BCUT2D eigenvalue weighted by Gasteiger charge is 1.97. The SMILES string of the molecule is CCCC(Br)CN=[N+]=[N-]. The van der Waals surface area contributed by atoms with Gasteiger partial charge in [-0.05, 0) is 12.0 Å². The van der Waals surface area contributed by atoms with Crippen LogP contribution in [-0.4, -0.2) is 11.4 Å². The van der Waals surface area contributed by atoms with E-state index in [0.717, 1.165) is 12.8 Å². The van der Waals surface area contributed by atoms with Crippen molar-refractivity contribution in [3.8, 4) is 0 Å². The topological polar surface area (TPSA) is 48.8 Å². The van der Waals surface area contributed by atoms with E-state index in [-0.39, 0.29) is 0 Å². The van der Waals surface area contributed by atoms with Crippen molar-refractivity contribution in [2.24, 2.45) is 5.11 Å². The molecule has 0 saturated heterocycles. The van der Waals surface area contributed by atoms with Crippen LogP contribution in [-0.2, 0) is 0 Å². The average Bonchev–Trinajstić information content (AvgIpc) is 1.85. The maximum Gasteiger partial charge on any atom is 0.0383 e.